The largest absolute Gasteiger partial charge is 0.480 e. The molecule has 88 valence electrons. The molecule has 0 aromatic heterocycles. The van der Waals surface area contributed by atoms with Crippen molar-refractivity contribution in [2.24, 2.45) is 0 Å². The van der Waals surface area contributed by atoms with E-state index in [1.807, 2.05) is 0 Å². The third-order valence-corrected chi connectivity index (χ3v) is 1.93. The van der Waals surface area contributed by atoms with Gasteiger partial charge in [-0.05, 0) is 0 Å². The number of hydrogen-bond donors (Lipinski definition) is 2. The molecule has 1 fully saturated rings. The molecule has 1 unspecified atom stereocenters. The molecule has 6 heteroatoms. The van der Waals surface area contributed by atoms with Gasteiger partial charge in [-0.1, -0.05) is 0 Å². The third kappa shape index (κ3) is 4.75. The van der Waals surface area contributed by atoms with Crippen molar-refractivity contribution in [3.8, 4) is 0 Å². The molecule has 0 saturated carbocycles. The van der Waals surface area contributed by atoms with Crippen molar-refractivity contribution in [3.63, 3.8) is 0 Å². The van der Waals surface area contributed by atoms with Gasteiger partial charge in [0.2, 0.25) is 5.91 Å². The van der Waals surface area contributed by atoms with E-state index in [9.17, 15) is 9.59 Å². The Morgan fingerprint density at radius 3 is 2.33 bits per heavy atom. The molecule has 15 heavy (non-hydrogen) atoms. The molecular formula is C9H18N2O4. The number of nitrogens with one attached hydrogen (secondary N) is 1. The van der Waals surface area contributed by atoms with Crippen LogP contribution in [0, 0.1) is 0 Å². The number of ether oxygens (including phenoxy) is 1. The molecule has 0 aromatic carbocycles. The topological polar surface area (TPSA) is 78.9 Å². The molecule has 1 aliphatic heterocycles. The maximum absolute atomic E-state index is 10.9. The fourth-order valence-corrected chi connectivity index (χ4v) is 1.30. The number of nitrogens with zero attached hydrogens (tertiary/aromatic N) is 1. The first kappa shape index (κ1) is 13.9. The summed E-state index contributed by atoms with van der Waals surface area (Å²) in [4.78, 5) is 23.0. The molecule has 1 aliphatic rings. The van der Waals surface area contributed by atoms with E-state index in [4.69, 9.17) is 5.11 Å². The van der Waals surface area contributed by atoms with E-state index in [0.29, 0.717) is 19.6 Å². The van der Waals surface area contributed by atoms with Gasteiger partial charge in [0.15, 0.2) is 0 Å². The van der Waals surface area contributed by atoms with Crippen LogP contribution in [0.3, 0.4) is 0 Å². The van der Waals surface area contributed by atoms with Gasteiger partial charge in [0.05, 0.1) is 0 Å². The number of amides is 1. The highest BCUT2D eigenvalue weighted by atomic mass is 16.4. The smallest absolute Gasteiger partial charge is 0.327 e. The minimum Gasteiger partial charge on any atom is -0.480 e. The van der Waals surface area contributed by atoms with Crippen molar-refractivity contribution < 1.29 is 19.4 Å². The lowest BCUT2D eigenvalue weighted by atomic mass is 10.2. The summed E-state index contributed by atoms with van der Waals surface area (Å²) in [7, 11) is 3.25. The van der Waals surface area contributed by atoms with Crippen molar-refractivity contribution in [3.05, 3.63) is 0 Å². The van der Waals surface area contributed by atoms with Crippen molar-refractivity contribution in [1.29, 1.82) is 0 Å². The van der Waals surface area contributed by atoms with Crippen LogP contribution in [0.1, 0.15) is 6.92 Å². The summed E-state index contributed by atoms with van der Waals surface area (Å²) in [5, 5.41) is 11.6. The summed E-state index contributed by atoms with van der Waals surface area (Å²) >= 11 is 0. The Balaban J connectivity index is 0.000000583. The highest BCUT2D eigenvalue weighted by Crippen LogP contribution is 2.03. The molecule has 0 radical (unpaired) electrons. The van der Waals surface area contributed by atoms with E-state index >= 15 is 0 Å². The van der Waals surface area contributed by atoms with Crippen LogP contribution >= 0.6 is 0 Å². The molecule has 1 heterocycles. The maximum atomic E-state index is 10.9. The van der Waals surface area contributed by atoms with Crippen LogP contribution in [0.4, 0.5) is 0 Å². The van der Waals surface area contributed by atoms with Gasteiger partial charge < -0.3 is 20.1 Å². The summed E-state index contributed by atoms with van der Waals surface area (Å²) in [6.45, 7) is 2.88. The molecule has 0 bridgehead atoms. The Morgan fingerprint density at radius 2 is 2.00 bits per heavy atom. The van der Waals surface area contributed by atoms with Gasteiger partial charge >= 0.3 is 5.97 Å². The number of carbonyl (C=O) groups is 2. The first-order valence-electron chi connectivity index (χ1n) is 4.65. The maximum Gasteiger partial charge on any atom is 0.327 e. The standard InChI is InChI=1S/C7H12N2O3.C2H6O/c1-5(10)9-3-2-8-4-6(9)7(11)12;1-3-2/h6,8H,2-4H2,1H3,(H,11,12);1-2H3. The zero-order valence-electron chi connectivity index (χ0n) is 9.32. The van der Waals surface area contributed by atoms with Crippen molar-refractivity contribution in [2.45, 2.75) is 13.0 Å². The number of carboxylic acid groups (broad SMARTS) is 1. The number of aliphatic carboxylic acids is 1. The Hall–Kier alpha value is -1.14. The number of methoxy groups -OCH3 is 1. The van der Waals surface area contributed by atoms with Gasteiger partial charge in [0.1, 0.15) is 6.04 Å². The summed E-state index contributed by atoms with van der Waals surface area (Å²) < 4.78 is 4.25. The summed E-state index contributed by atoms with van der Waals surface area (Å²) in [5.41, 5.74) is 0. The summed E-state index contributed by atoms with van der Waals surface area (Å²) in [6.07, 6.45) is 0. The van der Waals surface area contributed by atoms with E-state index in [1.54, 1.807) is 14.2 Å². The average molecular weight is 218 g/mol. The highest BCUT2D eigenvalue weighted by Gasteiger charge is 2.29. The zero-order chi connectivity index (χ0) is 11.8. The Kier molecular flexibility index (Phi) is 6.64. The molecule has 0 aromatic rings. The first-order valence-corrected chi connectivity index (χ1v) is 4.65. The molecule has 0 spiro atoms. The van der Waals surface area contributed by atoms with E-state index in [1.165, 1.54) is 11.8 Å². The second-order valence-corrected chi connectivity index (χ2v) is 3.18. The average Bonchev–Trinajstić information content (AvgIpc) is 2.19. The van der Waals surface area contributed by atoms with Gasteiger partial charge in [0.25, 0.3) is 0 Å². The second-order valence-electron chi connectivity index (χ2n) is 3.18. The van der Waals surface area contributed by atoms with Crippen LogP contribution in [0.15, 0.2) is 0 Å². The van der Waals surface area contributed by atoms with Crippen LogP contribution in [0.5, 0.6) is 0 Å². The van der Waals surface area contributed by atoms with Crippen LogP contribution in [0.2, 0.25) is 0 Å². The Labute approximate surface area is 89.2 Å². The number of piperazine rings is 1. The fraction of sp³-hybridized carbons (Fsp3) is 0.778. The Morgan fingerprint density at radius 1 is 1.47 bits per heavy atom. The number of carbonyl (C=O) groups excluding carboxylic acids is 1. The van der Waals surface area contributed by atoms with Crippen molar-refractivity contribution >= 4 is 11.9 Å². The van der Waals surface area contributed by atoms with Gasteiger partial charge in [-0.3, -0.25) is 4.79 Å². The van der Waals surface area contributed by atoms with E-state index in [2.05, 4.69) is 10.1 Å². The van der Waals surface area contributed by atoms with Crippen molar-refractivity contribution in [1.82, 2.24) is 10.2 Å². The number of rotatable bonds is 1. The summed E-state index contributed by atoms with van der Waals surface area (Å²) in [5.74, 6) is -1.12. The molecular weight excluding hydrogens is 200 g/mol. The second kappa shape index (κ2) is 7.19. The fourth-order valence-electron chi connectivity index (χ4n) is 1.30. The van der Waals surface area contributed by atoms with Crippen LogP contribution in [-0.4, -0.2) is 61.8 Å². The molecule has 2 N–H and O–H groups in total. The third-order valence-electron chi connectivity index (χ3n) is 1.93. The van der Waals surface area contributed by atoms with Gasteiger partial charge in [-0.15, -0.1) is 0 Å². The van der Waals surface area contributed by atoms with Gasteiger partial charge in [-0.25, -0.2) is 4.79 Å². The van der Waals surface area contributed by atoms with Crippen molar-refractivity contribution in [2.75, 3.05) is 33.9 Å². The lowest BCUT2D eigenvalue weighted by Crippen LogP contribution is -2.56. The lowest BCUT2D eigenvalue weighted by molar-refractivity contribution is -0.150. The molecule has 1 amide bonds. The number of hydrogen-bond acceptors (Lipinski definition) is 4. The highest BCUT2D eigenvalue weighted by molar-refractivity contribution is 5.82. The predicted octanol–water partition coefficient (Wildman–Crippen LogP) is -0.846. The molecule has 1 saturated heterocycles. The number of carboxylic acids is 1. The minimum absolute atomic E-state index is 0.177. The Bertz CT molecular complexity index is 198. The molecule has 1 atom stereocenters. The summed E-state index contributed by atoms with van der Waals surface area (Å²) in [6, 6.07) is -0.698. The first-order chi connectivity index (χ1) is 7.04. The monoisotopic (exact) mass is 218 g/mol. The lowest BCUT2D eigenvalue weighted by Gasteiger charge is -2.32. The molecule has 1 rings (SSSR count). The van der Waals surface area contributed by atoms with Crippen LogP contribution in [0.25, 0.3) is 0 Å². The van der Waals surface area contributed by atoms with Gasteiger partial charge in [-0.2, -0.15) is 0 Å². The van der Waals surface area contributed by atoms with E-state index < -0.39 is 12.0 Å². The minimum atomic E-state index is -0.947. The van der Waals surface area contributed by atoms with Crippen LogP contribution < -0.4 is 5.32 Å². The SMILES string of the molecule is CC(=O)N1CCNCC1C(=O)O.COC. The normalized spacial score (nSPS) is 20.2. The quantitative estimate of drug-likeness (QED) is 0.599. The molecule has 6 nitrogen and oxygen atoms in total. The molecule has 0 aliphatic carbocycles. The van der Waals surface area contributed by atoms with E-state index in [-0.39, 0.29) is 5.91 Å². The zero-order valence-corrected chi connectivity index (χ0v) is 9.32. The van der Waals surface area contributed by atoms with E-state index in [0.717, 1.165) is 0 Å². The van der Waals surface area contributed by atoms with Crippen LogP contribution in [-0.2, 0) is 14.3 Å². The van der Waals surface area contributed by atoms with Gasteiger partial charge in [0, 0.05) is 40.8 Å². The predicted molar refractivity (Wildman–Crippen MR) is 54.6 cm³/mol.